The van der Waals surface area contributed by atoms with Crippen LogP contribution in [0.3, 0.4) is 0 Å². The van der Waals surface area contributed by atoms with Crippen molar-refractivity contribution in [3.05, 3.63) is 52.2 Å². The maximum absolute atomic E-state index is 11.7. The molecule has 0 unspecified atom stereocenters. The molecule has 0 atom stereocenters. The molecule has 2 aromatic rings. The van der Waals surface area contributed by atoms with Crippen LogP contribution in [0.25, 0.3) is 0 Å². The van der Waals surface area contributed by atoms with E-state index >= 15 is 0 Å². The summed E-state index contributed by atoms with van der Waals surface area (Å²) >= 11 is 1.45. The predicted molar refractivity (Wildman–Crippen MR) is 96.7 cm³/mol. The van der Waals surface area contributed by atoms with E-state index in [1.807, 2.05) is 24.4 Å². The van der Waals surface area contributed by atoms with Crippen LogP contribution >= 0.6 is 11.3 Å². The molecule has 2 N–H and O–H groups in total. The molecule has 25 heavy (non-hydrogen) atoms. The lowest BCUT2D eigenvalue weighted by atomic mass is 10.2. The summed E-state index contributed by atoms with van der Waals surface area (Å²) in [6.07, 6.45) is 0.593. The second-order valence-corrected chi connectivity index (χ2v) is 6.23. The fraction of sp³-hybridized carbons (Fsp3) is 0.278. The smallest absolute Gasteiger partial charge is 0.306 e. The number of benzene rings is 1. The molecule has 0 spiro atoms. The number of hydrogen-bond acceptors (Lipinski definition) is 5. The average molecular weight is 360 g/mol. The van der Waals surface area contributed by atoms with E-state index in [1.165, 1.54) is 11.3 Å². The lowest BCUT2D eigenvalue weighted by Crippen LogP contribution is -2.25. The first-order valence-corrected chi connectivity index (χ1v) is 8.81. The summed E-state index contributed by atoms with van der Waals surface area (Å²) in [6.45, 7) is 2.00. The van der Waals surface area contributed by atoms with Crippen molar-refractivity contribution < 1.29 is 19.1 Å². The molecule has 0 aliphatic carbocycles. The standard InChI is InChI=1S/C18H20N2O4S/c1-13-4-6-15(7-5-13)20-16(21)11-24-17(22)3-2-9-19-18(23)14-8-10-25-12-14/h4-8,10,12H,2-3,9,11H2,1H3,(H,19,23)(H,20,21). The Morgan fingerprint density at radius 1 is 1.12 bits per heavy atom. The molecule has 0 radical (unpaired) electrons. The maximum atomic E-state index is 11.7. The highest BCUT2D eigenvalue weighted by atomic mass is 32.1. The van der Waals surface area contributed by atoms with Crippen molar-refractivity contribution in [3.8, 4) is 0 Å². The largest absolute Gasteiger partial charge is 0.456 e. The van der Waals surface area contributed by atoms with Crippen LogP contribution in [-0.2, 0) is 14.3 Å². The second-order valence-electron chi connectivity index (χ2n) is 5.45. The van der Waals surface area contributed by atoms with Gasteiger partial charge in [-0.1, -0.05) is 17.7 Å². The Bertz CT molecular complexity index is 711. The van der Waals surface area contributed by atoms with Gasteiger partial charge in [-0.3, -0.25) is 14.4 Å². The summed E-state index contributed by atoms with van der Waals surface area (Å²) in [5, 5.41) is 8.96. The Balaban J connectivity index is 1.58. The van der Waals surface area contributed by atoms with Gasteiger partial charge in [0.15, 0.2) is 6.61 Å². The normalized spacial score (nSPS) is 10.1. The second kappa shape index (κ2) is 9.58. The van der Waals surface area contributed by atoms with Gasteiger partial charge in [-0.2, -0.15) is 11.3 Å². The number of aryl methyl sites for hydroxylation is 1. The lowest BCUT2D eigenvalue weighted by molar-refractivity contribution is -0.147. The molecular weight excluding hydrogens is 340 g/mol. The molecular formula is C18H20N2O4S. The number of thiophene rings is 1. The molecule has 132 valence electrons. The topological polar surface area (TPSA) is 84.5 Å². The molecule has 6 nitrogen and oxygen atoms in total. The van der Waals surface area contributed by atoms with Crippen molar-refractivity contribution in [2.75, 3.05) is 18.5 Å². The molecule has 2 rings (SSSR count). The van der Waals surface area contributed by atoms with Gasteiger partial charge in [-0.15, -0.1) is 0 Å². The number of rotatable bonds is 8. The van der Waals surface area contributed by atoms with E-state index in [2.05, 4.69) is 10.6 Å². The van der Waals surface area contributed by atoms with Gasteiger partial charge in [0.1, 0.15) is 0 Å². The summed E-state index contributed by atoms with van der Waals surface area (Å²) in [5.74, 6) is -1.01. The third-order valence-electron chi connectivity index (χ3n) is 3.33. The van der Waals surface area contributed by atoms with Gasteiger partial charge in [0.25, 0.3) is 11.8 Å². The zero-order valence-corrected chi connectivity index (χ0v) is 14.7. The molecule has 0 aliphatic rings. The summed E-state index contributed by atoms with van der Waals surface area (Å²) in [7, 11) is 0. The summed E-state index contributed by atoms with van der Waals surface area (Å²) in [6, 6.07) is 9.06. The third-order valence-corrected chi connectivity index (χ3v) is 4.01. The first-order valence-electron chi connectivity index (χ1n) is 7.87. The van der Waals surface area contributed by atoms with E-state index < -0.39 is 5.97 Å². The molecule has 0 saturated carbocycles. The van der Waals surface area contributed by atoms with Crippen LogP contribution in [0.2, 0.25) is 0 Å². The zero-order chi connectivity index (χ0) is 18.1. The van der Waals surface area contributed by atoms with Crippen LogP contribution in [-0.4, -0.2) is 30.9 Å². The SMILES string of the molecule is Cc1ccc(NC(=O)COC(=O)CCCNC(=O)c2ccsc2)cc1. The van der Waals surface area contributed by atoms with Gasteiger partial charge in [0, 0.05) is 29.6 Å². The van der Waals surface area contributed by atoms with Crippen LogP contribution in [0.1, 0.15) is 28.8 Å². The number of hydrogen-bond donors (Lipinski definition) is 2. The number of nitrogens with one attached hydrogen (secondary N) is 2. The predicted octanol–water partition coefficient (Wildman–Crippen LogP) is 2.75. The molecule has 1 aromatic carbocycles. The number of carbonyl (C=O) groups is 3. The van der Waals surface area contributed by atoms with Crippen molar-refractivity contribution in [2.24, 2.45) is 0 Å². The number of amides is 2. The minimum absolute atomic E-state index is 0.141. The minimum Gasteiger partial charge on any atom is -0.456 e. The fourth-order valence-electron chi connectivity index (χ4n) is 1.98. The van der Waals surface area contributed by atoms with E-state index in [0.29, 0.717) is 24.2 Å². The van der Waals surface area contributed by atoms with E-state index in [0.717, 1.165) is 5.56 Å². The van der Waals surface area contributed by atoms with Gasteiger partial charge in [0.2, 0.25) is 0 Å². The Hall–Kier alpha value is -2.67. The highest BCUT2D eigenvalue weighted by Crippen LogP contribution is 2.08. The fourth-order valence-corrected chi connectivity index (χ4v) is 2.62. The molecule has 7 heteroatoms. The quantitative estimate of drug-likeness (QED) is 0.560. The summed E-state index contributed by atoms with van der Waals surface area (Å²) in [5.41, 5.74) is 2.36. The van der Waals surface area contributed by atoms with Gasteiger partial charge in [-0.05, 0) is 36.9 Å². The molecule has 0 saturated heterocycles. The van der Waals surface area contributed by atoms with E-state index in [4.69, 9.17) is 4.74 Å². The highest BCUT2D eigenvalue weighted by Gasteiger charge is 2.09. The van der Waals surface area contributed by atoms with Gasteiger partial charge >= 0.3 is 5.97 Å². The number of anilines is 1. The Morgan fingerprint density at radius 2 is 1.88 bits per heavy atom. The van der Waals surface area contributed by atoms with Crippen LogP contribution in [0.15, 0.2) is 41.1 Å². The van der Waals surface area contributed by atoms with Crippen LogP contribution in [0.4, 0.5) is 5.69 Å². The molecule has 0 aliphatic heterocycles. The Morgan fingerprint density at radius 3 is 2.56 bits per heavy atom. The van der Waals surface area contributed by atoms with Crippen molar-refractivity contribution >= 4 is 34.8 Å². The van der Waals surface area contributed by atoms with E-state index in [-0.39, 0.29) is 24.8 Å². The molecule has 2 amide bonds. The third kappa shape index (κ3) is 6.76. The molecule has 0 bridgehead atoms. The monoisotopic (exact) mass is 360 g/mol. The van der Waals surface area contributed by atoms with Crippen LogP contribution in [0, 0.1) is 6.92 Å². The van der Waals surface area contributed by atoms with Crippen molar-refractivity contribution in [3.63, 3.8) is 0 Å². The van der Waals surface area contributed by atoms with Crippen LogP contribution < -0.4 is 10.6 Å². The van der Waals surface area contributed by atoms with Crippen LogP contribution in [0.5, 0.6) is 0 Å². The van der Waals surface area contributed by atoms with Crippen molar-refractivity contribution in [1.29, 1.82) is 0 Å². The molecule has 1 aromatic heterocycles. The average Bonchev–Trinajstić information content (AvgIpc) is 3.13. The van der Waals surface area contributed by atoms with Gasteiger partial charge in [0.05, 0.1) is 0 Å². The molecule has 1 heterocycles. The Kier molecular flexibility index (Phi) is 7.16. The summed E-state index contributed by atoms with van der Waals surface area (Å²) in [4.78, 5) is 35.0. The lowest BCUT2D eigenvalue weighted by Gasteiger charge is -2.07. The van der Waals surface area contributed by atoms with E-state index in [9.17, 15) is 14.4 Å². The first kappa shape index (κ1) is 18.7. The van der Waals surface area contributed by atoms with Gasteiger partial charge in [-0.25, -0.2) is 0 Å². The number of ether oxygens (including phenoxy) is 1. The van der Waals surface area contributed by atoms with Gasteiger partial charge < -0.3 is 15.4 Å². The highest BCUT2D eigenvalue weighted by molar-refractivity contribution is 7.08. The van der Waals surface area contributed by atoms with E-state index in [1.54, 1.807) is 23.6 Å². The van der Waals surface area contributed by atoms with Crippen molar-refractivity contribution in [1.82, 2.24) is 5.32 Å². The number of esters is 1. The van der Waals surface area contributed by atoms with Crippen molar-refractivity contribution in [2.45, 2.75) is 19.8 Å². The zero-order valence-electron chi connectivity index (χ0n) is 13.9. The summed E-state index contributed by atoms with van der Waals surface area (Å²) < 4.78 is 4.92. The Labute approximate surface area is 150 Å². The first-order chi connectivity index (χ1) is 12.0. The maximum Gasteiger partial charge on any atom is 0.306 e. The minimum atomic E-state index is -0.469. The molecule has 0 fully saturated rings. The number of carbonyl (C=O) groups excluding carboxylic acids is 3.